The van der Waals surface area contributed by atoms with Crippen molar-refractivity contribution < 1.29 is 0 Å². The summed E-state index contributed by atoms with van der Waals surface area (Å²) >= 11 is 1.83. The summed E-state index contributed by atoms with van der Waals surface area (Å²) in [4.78, 5) is 1.42. The first-order valence-corrected chi connectivity index (χ1v) is 7.90. The van der Waals surface area contributed by atoms with Crippen molar-refractivity contribution >= 4 is 11.3 Å². The maximum Gasteiger partial charge on any atom is 0.0326 e. The lowest BCUT2D eigenvalue weighted by atomic mass is 9.71. The minimum atomic E-state index is 0.317. The topological polar surface area (TPSA) is 12.0 Å². The Morgan fingerprint density at radius 2 is 2.05 bits per heavy atom. The van der Waals surface area contributed by atoms with E-state index in [9.17, 15) is 0 Å². The first-order valence-electron chi connectivity index (χ1n) is 7.02. The van der Waals surface area contributed by atoms with Crippen LogP contribution in [-0.2, 0) is 12.0 Å². The minimum absolute atomic E-state index is 0.317. The lowest BCUT2D eigenvalue weighted by Gasteiger charge is -2.37. The van der Waals surface area contributed by atoms with E-state index in [-0.39, 0.29) is 0 Å². The Labute approximate surface area is 119 Å². The fourth-order valence-corrected chi connectivity index (χ4v) is 3.72. The molecular formula is C17H21NS. The van der Waals surface area contributed by atoms with Crippen LogP contribution in [0.1, 0.15) is 48.7 Å². The first kappa shape index (κ1) is 12.9. The Kier molecular flexibility index (Phi) is 3.46. The summed E-state index contributed by atoms with van der Waals surface area (Å²) in [6.45, 7) is 5.71. The van der Waals surface area contributed by atoms with E-state index >= 15 is 0 Å². The normalized spacial score (nSPS) is 21.1. The van der Waals surface area contributed by atoms with Crippen molar-refractivity contribution in [1.29, 1.82) is 0 Å². The zero-order chi connectivity index (χ0) is 13.3. The molecule has 0 fully saturated rings. The van der Waals surface area contributed by atoms with Gasteiger partial charge < -0.3 is 5.32 Å². The second kappa shape index (κ2) is 5.10. The van der Waals surface area contributed by atoms with Gasteiger partial charge in [0.05, 0.1) is 0 Å². The maximum atomic E-state index is 3.73. The maximum absolute atomic E-state index is 3.73. The van der Waals surface area contributed by atoms with Gasteiger partial charge in [-0.15, -0.1) is 11.3 Å². The van der Waals surface area contributed by atoms with Crippen molar-refractivity contribution in [3.8, 4) is 0 Å². The number of hydrogen-bond donors (Lipinski definition) is 1. The molecule has 0 saturated heterocycles. The van der Waals surface area contributed by atoms with E-state index in [0.29, 0.717) is 11.5 Å². The van der Waals surface area contributed by atoms with Gasteiger partial charge in [0.1, 0.15) is 0 Å². The number of fused-ring (bicyclic) bond motifs is 1. The van der Waals surface area contributed by atoms with Crippen molar-refractivity contribution in [2.24, 2.45) is 0 Å². The van der Waals surface area contributed by atoms with Gasteiger partial charge >= 0.3 is 0 Å². The second-order valence-electron chi connectivity index (χ2n) is 6.02. The highest BCUT2D eigenvalue weighted by Gasteiger charge is 2.31. The van der Waals surface area contributed by atoms with Crippen LogP contribution in [0.4, 0.5) is 0 Å². The molecule has 1 heterocycles. The van der Waals surface area contributed by atoms with E-state index in [1.54, 1.807) is 0 Å². The van der Waals surface area contributed by atoms with E-state index in [1.165, 1.54) is 28.8 Å². The zero-order valence-corrected chi connectivity index (χ0v) is 12.5. The van der Waals surface area contributed by atoms with Gasteiger partial charge in [0.15, 0.2) is 0 Å². The molecule has 3 rings (SSSR count). The van der Waals surface area contributed by atoms with Crippen molar-refractivity contribution in [3.63, 3.8) is 0 Å². The predicted molar refractivity (Wildman–Crippen MR) is 82.6 cm³/mol. The van der Waals surface area contributed by atoms with Crippen LogP contribution < -0.4 is 5.32 Å². The average molecular weight is 271 g/mol. The summed E-state index contributed by atoms with van der Waals surface area (Å²) in [5.74, 6) is 0. The molecule has 1 unspecified atom stereocenters. The molecule has 1 nitrogen and oxygen atoms in total. The largest absolute Gasteiger partial charge is 0.305 e. The van der Waals surface area contributed by atoms with Crippen LogP contribution in [0.5, 0.6) is 0 Å². The average Bonchev–Trinajstić information content (AvgIpc) is 2.91. The van der Waals surface area contributed by atoms with E-state index in [4.69, 9.17) is 0 Å². The summed E-state index contributed by atoms with van der Waals surface area (Å²) in [5.41, 5.74) is 3.33. The number of rotatable bonds is 3. The molecule has 1 aliphatic carbocycles. The summed E-state index contributed by atoms with van der Waals surface area (Å²) in [5, 5.41) is 5.88. The third-order valence-electron chi connectivity index (χ3n) is 4.23. The fourth-order valence-electron chi connectivity index (χ4n) is 3.06. The second-order valence-corrected chi connectivity index (χ2v) is 7.05. The van der Waals surface area contributed by atoms with Crippen LogP contribution in [0.2, 0.25) is 0 Å². The van der Waals surface area contributed by atoms with E-state index in [1.807, 2.05) is 11.3 Å². The van der Waals surface area contributed by atoms with Gasteiger partial charge in [0, 0.05) is 17.5 Å². The van der Waals surface area contributed by atoms with Crippen LogP contribution >= 0.6 is 11.3 Å². The molecule has 100 valence electrons. The van der Waals surface area contributed by atoms with Gasteiger partial charge in [-0.2, -0.15) is 0 Å². The van der Waals surface area contributed by atoms with Gasteiger partial charge in [0.25, 0.3) is 0 Å². The van der Waals surface area contributed by atoms with Gasteiger partial charge in [-0.1, -0.05) is 44.2 Å². The quantitative estimate of drug-likeness (QED) is 0.856. The molecule has 0 aliphatic heterocycles. The highest BCUT2D eigenvalue weighted by molar-refractivity contribution is 7.09. The van der Waals surface area contributed by atoms with Gasteiger partial charge in [-0.3, -0.25) is 0 Å². The highest BCUT2D eigenvalue weighted by Crippen LogP contribution is 2.41. The van der Waals surface area contributed by atoms with Crippen LogP contribution in [0.3, 0.4) is 0 Å². The Morgan fingerprint density at radius 1 is 1.21 bits per heavy atom. The molecule has 0 radical (unpaired) electrons. The Bertz CT molecular complexity index is 542. The number of nitrogens with one attached hydrogen (secondary N) is 1. The summed E-state index contributed by atoms with van der Waals surface area (Å²) < 4.78 is 0. The lowest BCUT2D eigenvalue weighted by molar-refractivity contribution is 0.358. The Hall–Kier alpha value is -1.12. The van der Waals surface area contributed by atoms with Crippen molar-refractivity contribution in [2.45, 2.75) is 44.7 Å². The molecule has 2 aromatic rings. The standard InChI is InChI=1S/C17H21NS/c1-17(2)10-9-16(14-7-3-4-8-15(14)17)18-12-13-6-5-11-19-13/h3-8,11,16,18H,9-10,12H2,1-2H3. The molecule has 0 amide bonds. The minimum Gasteiger partial charge on any atom is -0.305 e. The van der Waals surface area contributed by atoms with Gasteiger partial charge in [-0.25, -0.2) is 0 Å². The van der Waals surface area contributed by atoms with E-state index in [0.717, 1.165) is 6.54 Å². The molecule has 1 aliphatic rings. The molecule has 1 aromatic carbocycles. The Balaban J connectivity index is 1.80. The molecule has 1 aromatic heterocycles. The molecule has 0 bridgehead atoms. The fraction of sp³-hybridized carbons (Fsp3) is 0.412. The number of benzene rings is 1. The lowest BCUT2D eigenvalue weighted by Crippen LogP contribution is -2.32. The monoisotopic (exact) mass is 271 g/mol. The van der Waals surface area contributed by atoms with E-state index in [2.05, 4.69) is 60.9 Å². The number of thiophene rings is 1. The SMILES string of the molecule is CC1(C)CCC(NCc2cccs2)c2ccccc21. The van der Waals surface area contributed by atoms with Gasteiger partial charge in [0.2, 0.25) is 0 Å². The molecule has 0 spiro atoms. The first-order chi connectivity index (χ1) is 9.17. The molecule has 0 saturated carbocycles. The summed E-state index contributed by atoms with van der Waals surface area (Å²) in [7, 11) is 0. The Morgan fingerprint density at radius 3 is 2.84 bits per heavy atom. The summed E-state index contributed by atoms with van der Waals surface area (Å²) in [6.07, 6.45) is 2.49. The van der Waals surface area contributed by atoms with Crippen molar-refractivity contribution in [1.82, 2.24) is 5.32 Å². The van der Waals surface area contributed by atoms with Crippen molar-refractivity contribution in [2.75, 3.05) is 0 Å². The molecule has 1 atom stereocenters. The highest BCUT2D eigenvalue weighted by atomic mass is 32.1. The zero-order valence-electron chi connectivity index (χ0n) is 11.6. The van der Waals surface area contributed by atoms with Crippen molar-refractivity contribution in [3.05, 3.63) is 57.8 Å². The number of hydrogen-bond acceptors (Lipinski definition) is 2. The third-order valence-corrected chi connectivity index (χ3v) is 5.10. The molecule has 2 heteroatoms. The van der Waals surface area contributed by atoms with Crippen LogP contribution in [0.15, 0.2) is 41.8 Å². The molecular weight excluding hydrogens is 250 g/mol. The van der Waals surface area contributed by atoms with E-state index < -0.39 is 0 Å². The van der Waals surface area contributed by atoms with Crippen LogP contribution in [0, 0.1) is 0 Å². The van der Waals surface area contributed by atoms with Crippen LogP contribution in [0.25, 0.3) is 0 Å². The van der Waals surface area contributed by atoms with Gasteiger partial charge in [-0.05, 0) is 40.8 Å². The smallest absolute Gasteiger partial charge is 0.0326 e. The predicted octanol–water partition coefficient (Wildman–Crippen LogP) is 4.65. The summed E-state index contributed by atoms with van der Waals surface area (Å²) in [6, 6.07) is 13.8. The van der Waals surface area contributed by atoms with Crippen LogP contribution in [-0.4, -0.2) is 0 Å². The third kappa shape index (κ3) is 2.60. The molecule has 19 heavy (non-hydrogen) atoms. The molecule has 1 N–H and O–H groups in total.